The van der Waals surface area contributed by atoms with Gasteiger partial charge in [0.05, 0.1) is 30.3 Å². The van der Waals surface area contributed by atoms with Crippen LogP contribution in [0.4, 0.5) is 10.7 Å². The number of fused-ring (bicyclic) bond motifs is 1. The Morgan fingerprint density at radius 1 is 0.718 bits per heavy atom. The first-order valence-corrected chi connectivity index (χ1v) is 27.1. The van der Waals surface area contributed by atoms with Crippen LogP contribution in [0.5, 0.6) is 5.75 Å². The number of nitrogens with one attached hydrogen (secondary N) is 5. The Balaban J connectivity index is 0.815. The van der Waals surface area contributed by atoms with Crippen LogP contribution in [0.25, 0.3) is 10.9 Å². The van der Waals surface area contributed by atoms with Gasteiger partial charge < -0.3 is 35.5 Å². The highest BCUT2D eigenvalue weighted by molar-refractivity contribution is 7.89. The molecular formula is C59H63N9O9S. The molecule has 404 valence electrons. The number of imidazole rings is 1. The number of rotatable bonds is 26. The van der Waals surface area contributed by atoms with E-state index in [1.807, 2.05) is 65.6 Å². The molecule has 0 aliphatic rings. The maximum Gasteiger partial charge on any atom is 0.407 e. The first-order chi connectivity index (χ1) is 37.9. The maximum absolute atomic E-state index is 13.9. The zero-order valence-electron chi connectivity index (χ0n) is 43.7. The number of aromatic nitrogens is 4. The second-order valence-corrected chi connectivity index (χ2v) is 20.1. The van der Waals surface area contributed by atoms with Crippen molar-refractivity contribution in [2.45, 2.75) is 62.7 Å². The molecule has 0 unspecified atom stereocenters. The Bertz CT molecular complexity index is 3290. The van der Waals surface area contributed by atoms with Crippen molar-refractivity contribution in [3.63, 3.8) is 0 Å². The van der Waals surface area contributed by atoms with Crippen molar-refractivity contribution in [3.05, 3.63) is 209 Å². The molecule has 18 nitrogen and oxygen atoms in total. The van der Waals surface area contributed by atoms with E-state index in [1.165, 1.54) is 0 Å². The van der Waals surface area contributed by atoms with Crippen LogP contribution in [0.1, 0.15) is 63.0 Å². The van der Waals surface area contributed by atoms with Crippen molar-refractivity contribution in [3.8, 4) is 5.75 Å². The highest BCUT2D eigenvalue weighted by Gasteiger charge is 2.40. The fraction of sp³-hybridized carbons (Fsp3) is 0.254. The SMILES string of the molecule is COC(=O)[C@H](CNC(=O)c1ccc2c(cnn2CCCNc2nccn2C(c2ccccc2)(c2ccccc2)c2ccccc2)c1)NS(=O)(=O)c1c(C)cc(OCCCC(=O)NCCNC(=O)OCc2ccccc2)cc1C. The zero-order chi connectivity index (χ0) is 54.9. The molecule has 0 aliphatic heterocycles. The number of benzene rings is 6. The summed E-state index contributed by atoms with van der Waals surface area (Å²) in [6.45, 7) is 4.68. The number of amides is 3. The molecule has 0 saturated carbocycles. The van der Waals surface area contributed by atoms with Gasteiger partial charge in [-0.15, -0.1) is 0 Å². The van der Waals surface area contributed by atoms with Gasteiger partial charge in [0, 0.05) is 62.5 Å². The first kappa shape index (κ1) is 55.4. The fourth-order valence-electron chi connectivity index (χ4n) is 9.42. The third-order valence-electron chi connectivity index (χ3n) is 13.0. The van der Waals surface area contributed by atoms with Crippen LogP contribution in [0.2, 0.25) is 0 Å². The van der Waals surface area contributed by atoms with Crippen molar-refractivity contribution < 1.29 is 41.8 Å². The summed E-state index contributed by atoms with van der Waals surface area (Å²) in [7, 11) is -3.20. The molecule has 19 heteroatoms. The number of alkyl carbamates (subject to hydrolysis) is 1. The number of aryl methyl sites for hydroxylation is 3. The van der Waals surface area contributed by atoms with Crippen LogP contribution in [-0.2, 0) is 47.8 Å². The van der Waals surface area contributed by atoms with Crippen LogP contribution in [-0.4, -0.2) is 97.6 Å². The van der Waals surface area contributed by atoms with Crippen LogP contribution in [0.15, 0.2) is 175 Å². The Hall–Kier alpha value is -8.81. The standard InChI is InChI=1S/C59H63N9O9S/c1-42-36-50(76-35-16-26-53(69)60-30-31-63-58(72)77-41-44-18-8-4-9-19-44)37-43(2)54(42)78(73,74)66-51(56(71)75-3)40-64-55(70)45-27-28-52-46(38-45)39-65-68(52)33-17-29-61-57-62-32-34-67(57)59(47-20-10-5-11-21-47,48-22-12-6-13-23-48)49-24-14-7-15-25-49/h4-15,18-25,27-28,32,34,36-39,51,66H,16-17,26,29-31,33,35,40-41H2,1-3H3,(H,60,69)(H,61,62)(H,63,72)(H,64,70)/t51-/m0/s1. The average molecular weight is 1070 g/mol. The van der Waals surface area contributed by atoms with Crippen LogP contribution in [0, 0.1) is 13.8 Å². The molecule has 2 heterocycles. The minimum absolute atomic E-state index is 0.0623. The summed E-state index contributed by atoms with van der Waals surface area (Å²) < 4.78 is 50.1. The Morgan fingerprint density at radius 3 is 1.96 bits per heavy atom. The Labute approximate surface area is 453 Å². The molecule has 8 aromatic rings. The van der Waals surface area contributed by atoms with Gasteiger partial charge in [0.25, 0.3) is 5.91 Å². The van der Waals surface area contributed by atoms with E-state index in [2.05, 4.69) is 108 Å². The number of carbonyl (C=O) groups is 4. The van der Waals surface area contributed by atoms with E-state index in [0.717, 1.165) is 40.3 Å². The number of carbonyl (C=O) groups excluding carboxylic acids is 4. The molecule has 8 rings (SSSR count). The van der Waals surface area contributed by atoms with Gasteiger partial charge in [-0.1, -0.05) is 121 Å². The lowest BCUT2D eigenvalue weighted by Gasteiger charge is -2.38. The van der Waals surface area contributed by atoms with E-state index in [4.69, 9.17) is 19.2 Å². The summed E-state index contributed by atoms with van der Waals surface area (Å²) in [6, 6.07) is 47.3. The number of methoxy groups -OCH3 is 1. The molecule has 2 aromatic heterocycles. The predicted molar refractivity (Wildman–Crippen MR) is 296 cm³/mol. The van der Waals surface area contributed by atoms with Gasteiger partial charge in [0.1, 0.15) is 23.9 Å². The molecule has 5 N–H and O–H groups in total. The second-order valence-electron chi connectivity index (χ2n) is 18.4. The van der Waals surface area contributed by atoms with Crippen LogP contribution >= 0.6 is 0 Å². The van der Waals surface area contributed by atoms with Crippen molar-refractivity contribution in [2.75, 3.05) is 45.2 Å². The van der Waals surface area contributed by atoms with Gasteiger partial charge in [-0.25, -0.2) is 18.2 Å². The third-order valence-corrected chi connectivity index (χ3v) is 14.8. The minimum atomic E-state index is -4.33. The predicted octanol–water partition coefficient (Wildman–Crippen LogP) is 7.64. The van der Waals surface area contributed by atoms with Gasteiger partial charge in [-0.2, -0.15) is 9.82 Å². The smallest absolute Gasteiger partial charge is 0.407 e. The summed E-state index contributed by atoms with van der Waals surface area (Å²) in [5.74, 6) is -0.552. The van der Waals surface area contributed by atoms with Gasteiger partial charge in [-0.3, -0.25) is 23.6 Å². The number of hydrogen-bond acceptors (Lipinski definition) is 12. The zero-order valence-corrected chi connectivity index (χ0v) is 44.5. The van der Waals surface area contributed by atoms with Crippen LogP contribution < -0.4 is 30.7 Å². The van der Waals surface area contributed by atoms with Gasteiger partial charge in [0.2, 0.25) is 21.9 Å². The molecule has 0 aliphatic carbocycles. The van der Waals surface area contributed by atoms with Gasteiger partial charge in [0.15, 0.2) is 0 Å². The molecule has 1 atom stereocenters. The lowest BCUT2D eigenvalue weighted by Crippen LogP contribution is -2.49. The molecule has 0 radical (unpaired) electrons. The topological polar surface area (TPSA) is 226 Å². The largest absolute Gasteiger partial charge is 0.494 e. The van der Waals surface area contributed by atoms with E-state index < -0.39 is 46.1 Å². The third kappa shape index (κ3) is 13.6. The normalized spacial score (nSPS) is 11.8. The first-order valence-electron chi connectivity index (χ1n) is 25.6. The quantitative estimate of drug-likeness (QED) is 0.0200. The summed E-state index contributed by atoms with van der Waals surface area (Å²) in [6.07, 6.45) is 6.15. The van der Waals surface area contributed by atoms with Crippen molar-refractivity contribution in [1.29, 1.82) is 0 Å². The Morgan fingerprint density at radius 2 is 1.33 bits per heavy atom. The summed E-state index contributed by atoms with van der Waals surface area (Å²) in [5, 5.41) is 16.9. The van der Waals surface area contributed by atoms with E-state index in [1.54, 1.807) is 50.4 Å². The molecule has 0 bridgehead atoms. The fourth-order valence-corrected chi connectivity index (χ4v) is 11.1. The minimum Gasteiger partial charge on any atom is -0.494 e. The molecule has 0 saturated heterocycles. The lowest BCUT2D eigenvalue weighted by atomic mass is 9.76. The van der Waals surface area contributed by atoms with Crippen molar-refractivity contribution >= 4 is 50.8 Å². The number of nitrogens with zero attached hydrogens (tertiary/aromatic N) is 4. The number of ether oxygens (including phenoxy) is 3. The number of hydrogen-bond donors (Lipinski definition) is 5. The maximum atomic E-state index is 13.9. The van der Waals surface area contributed by atoms with Crippen LogP contribution in [0.3, 0.4) is 0 Å². The second kappa shape index (κ2) is 26.3. The van der Waals surface area contributed by atoms with E-state index >= 15 is 0 Å². The molecule has 78 heavy (non-hydrogen) atoms. The average Bonchev–Trinajstić information content (AvgIpc) is 4.20. The summed E-state index contributed by atoms with van der Waals surface area (Å²) in [5.41, 5.74) is 5.20. The molecule has 0 fully saturated rings. The lowest BCUT2D eigenvalue weighted by molar-refractivity contribution is -0.142. The van der Waals surface area contributed by atoms with Crippen molar-refractivity contribution in [1.82, 2.24) is 40.0 Å². The number of esters is 1. The van der Waals surface area contributed by atoms with E-state index in [0.29, 0.717) is 48.8 Å². The number of anilines is 1. The highest BCUT2D eigenvalue weighted by atomic mass is 32.2. The molecular weight excluding hydrogens is 1010 g/mol. The van der Waals surface area contributed by atoms with Gasteiger partial charge >= 0.3 is 12.1 Å². The summed E-state index contributed by atoms with van der Waals surface area (Å²) in [4.78, 5) is 55.5. The van der Waals surface area contributed by atoms with Gasteiger partial charge in [-0.05, 0) is 90.4 Å². The molecule has 6 aromatic carbocycles. The van der Waals surface area contributed by atoms with Crippen molar-refractivity contribution in [2.24, 2.45) is 0 Å². The summed E-state index contributed by atoms with van der Waals surface area (Å²) >= 11 is 0. The Kier molecular flexibility index (Phi) is 18.7. The number of sulfonamides is 1. The molecule has 3 amide bonds. The van der Waals surface area contributed by atoms with E-state index in [9.17, 15) is 27.6 Å². The monoisotopic (exact) mass is 1070 g/mol. The van der Waals surface area contributed by atoms with E-state index in [-0.39, 0.29) is 49.1 Å². The molecule has 0 spiro atoms. The highest BCUT2D eigenvalue weighted by Crippen LogP contribution is 2.42.